The summed E-state index contributed by atoms with van der Waals surface area (Å²) < 4.78 is 0. The summed E-state index contributed by atoms with van der Waals surface area (Å²) in [5.74, 6) is 0.166. The summed E-state index contributed by atoms with van der Waals surface area (Å²) >= 11 is 0. The molecular weight excluding hydrogens is 190 g/mol. The van der Waals surface area contributed by atoms with Gasteiger partial charge in [-0.3, -0.25) is 4.79 Å². The van der Waals surface area contributed by atoms with Crippen LogP contribution in [-0.2, 0) is 9.59 Å². The van der Waals surface area contributed by atoms with Crippen molar-refractivity contribution in [3.8, 4) is 0 Å². The number of aldehydes is 1. The van der Waals surface area contributed by atoms with Crippen LogP contribution in [0.1, 0.15) is 58.3 Å². The van der Waals surface area contributed by atoms with Gasteiger partial charge in [-0.05, 0) is 19.3 Å². The number of hydrogen-bond donors (Lipinski definition) is 1. The Morgan fingerprint density at radius 3 is 2.60 bits per heavy atom. The smallest absolute Gasteiger partial charge is 0.219 e. The summed E-state index contributed by atoms with van der Waals surface area (Å²) in [4.78, 5) is 21.3. The minimum Gasteiger partial charge on any atom is -0.356 e. The Bertz CT molecular complexity index is 169. The molecule has 0 fully saturated rings. The topological polar surface area (TPSA) is 46.2 Å². The van der Waals surface area contributed by atoms with Gasteiger partial charge in [0.25, 0.3) is 0 Å². The molecule has 3 nitrogen and oxygen atoms in total. The Hall–Kier alpha value is -0.860. The maximum absolute atomic E-state index is 11.2. The van der Waals surface area contributed by atoms with E-state index < -0.39 is 0 Å². The number of carbonyl (C=O) groups is 2. The fourth-order valence-electron chi connectivity index (χ4n) is 1.38. The van der Waals surface area contributed by atoms with Crippen molar-refractivity contribution in [3.05, 3.63) is 0 Å². The molecule has 0 aliphatic rings. The predicted octanol–water partition coefficient (Wildman–Crippen LogP) is 2.44. The Morgan fingerprint density at radius 1 is 1.13 bits per heavy atom. The number of hydrogen-bond acceptors (Lipinski definition) is 2. The first-order chi connectivity index (χ1) is 7.31. The predicted molar refractivity (Wildman–Crippen MR) is 61.7 cm³/mol. The van der Waals surface area contributed by atoms with Crippen LogP contribution >= 0.6 is 0 Å². The lowest BCUT2D eigenvalue weighted by molar-refractivity contribution is -0.121. The van der Waals surface area contributed by atoms with Crippen molar-refractivity contribution in [2.24, 2.45) is 0 Å². The van der Waals surface area contributed by atoms with Crippen molar-refractivity contribution in [2.45, 2.75) is 58.3 Å². The van der Waals surface area contributed by atoms with Crippen LogP contribution in [-0.4, -0.2) is 18.7 Å². The summed E-state index contributed by atoms with van der Waals surface area (Å²) in [6.45, 7) is 2.88. The van der Waals surface area contributed by atoms with E-state index in [0.717, 1.165) is 51.4 Å². The molecule has 0 unspecified atom stereocenters. The molecule has 0 saturated carbocycles. The van der Waals surface area contributed by atoms with Crippen LogP contribution in [0.2, 0.25) is 0 Å². The zero-order chi connectivity index (χ0) is 11.4. The van der Waals surface area contributed by atoms with E-state index in [1.54, 1.807) is 0 Å². The monoisotopic (exact) mass is 213 g/mol. The molecule has 0 aliphatic carbocycles. The Morgan fingerprint density at radius 2 is 1.93 bits per heavy atom. The highest BCUT2D eigenvalue weighted by Crippen LogP contribution is 1.99. The minimum atomic E-state index is 0.166. The third-order valence-corrected chi connectivity index (χ3v) is 2.33. The Labute approximate surface area is 92.6 Å². The van der Waals surface area contributed by atoms with E-state index >= 15 is 0 Å². The first-order valence-electron chi connectivity index (χ1n) is 6.01. The molecule has 88 valence electrons. The Kier molecular flexibility index (Phi) is 10.6. The van der Waals surface area contributed by atoms with E-state index in [0.29, 0.717) is 12.8 Å². The average molecular weight is 213 g/mol. The molecule has 0 radical (unpaired) electrons. The number of unbranched alkanes of at least 4 members (excludes halogenated alkanes) is 5. The molecule has 3 heteroatoms. The molecule has 1 N–H and O–H groups in total. The van der Waals surface area contributed by atoms with Crippen LogP contribution < -0.4 is 5.32 Å². The molecule has 0 aromatic heterocycles. The van der Waals surface area contributed by atoms with Gasteiger partial charge in [0.05, 0.1) is 0 Å². The summed E-state index contributed by atoms with van der Waals surface area (Å²) in [6, 6.07) is 0. The molecule has 0 aromatic carbocycles. The molecule has 0 saturated heterocycles. The quantitative estimate of drug-likeness (QED) is 0.447. The lowest BCUT2D eigenvalue weighted by atomic mass is 10.2. The maximum atomic E-state index is 11.2. The lowest BCUT2D eigenvalue weighted by Crippen LogP contribution is -2.23. The molecule has 0 atom stereocenters. The summed E-state index contributed by atoms with van der Waals surface area (Å²) in [7, 11) is 0. The van der Waals surface area contributed by atoms with Crippen LogP contribution in [0.4, 0.5) is 0 Å². The third kappa shape index (κ3) is 11.1. The van der Waals surface area contributed by atoms with Gasteiger partial charge in [-0.1, -0.05) is 26.2 Å². The van der Waals surface area contributed by atoms with Crippen LogP contribution in [0.25, 0.3) is 0 Å². The van der Waals surface area contributed by atoms with Crippen molar-refractivity contribution in [1.29, 1.82) is 0 Å². The molecule has 0 heterocycles. The highest BCUT2D eigenvalue weighted by Gasteiger charge is 1.99. The van der Waals surface area contributed by atoms with Crippen molar-refractivity contribution in [3.63, 3.8) is 0 Å². The fraction of sp³-hybridized carbons (Fsp3) is 0.833. The number of amides is 1. The molecule has 0 rings (SSSR count). The van der Waals surface area contributed by atoms with Crippen LogP contribution in [0.3, 0.4) is 0 Å². The van der Waals surface area contributed by atoms with Crippen molar-refractivity contribution >= 4 is 12.2 Å². The van der Waals surface area contributed by atoms with Gasteiger partial charge in [-0.15, -0.1) is 0 Å². The van der Waals surface area contributed by atoms with Gasteiger partial charge in [-0.2, -0.15) is 0 Å². The molecular formula is C12H23NO2. The van der Waals surface area contributed by atoms with Crippen LogP contribution in [0.15, 0.2) is 0 Å². The standard InChI is InChI=1S/C12H23NO2/c1-2-3-6-9-12(15)13-10-7-4-5-8-11-14/h11H,2-10H2,1H3,(H,13,15). The van der Waals surface area contributed by atoms with Gasteiger partial charge in [0.2, 0.25) is 5.91 Å². The molecule has 15 heavy (non-hydrogen) atoms. The van der Waals surface area contributed by atoms with Crippen LogP contribution in [0, 0.1) is 0 Å². The van der Waals surface area contributed by atoms with Crippen molar-refractivity contribution in [1.82, 2.24) is 5.32 Å². The maximum Gasteiger partial charge on any atom is 0.219 e. The van der Waals surface area contributed by atoms with Crippen molar-refractivity contribution in [2.75, 3.05) is 6.54 Å². The zero-order valence-electron chi connectivity index (χ0n) is 9.76. The third-order valence-electron chi connectivity index (χ3n) is 2.33. The van der Waals surface area contributed by atoms with Crippen LogP contribution in [0.5, 0.6) is 0 Å². The average Bonchev–Trinajstić information content (AvgIpc) is 2.23. The number of nitrogens with one attached hydrogen (secondary N) is 1. The second-order valence-electron chi connectivity index (χ2n) is 3.82. The van der Waals surface area contributed by atoms with Gasteiger partial charge in [-0.25, -0.2) is 0 Å². The minimum absolute atomic E-state index is 0.166. The highest BCUT2D eigenvalue weighted by molar-refractivity contribution is 5.75. The van der Waals surface area contributed by atoms with Gasteiger partial charge >= 0.3 is 0 Å². The summed E-state index contributed by atoms with van der Waals surface area (Å²) in [5, 5.41) is 2.89. The zero-order valence-corrected chi connectivity index (χ0v) is 9.76. The van der Waals surface area contributed by atoms with E-state index in [4.69, 9.17) is 0 Å². The van der Waals surface area contributed by atoms with Gasteiger partial charge in [0.15, 0.2) is 0 Å². The Balaban J connectivity index is 3.13. The molecule has 0 spiro atoms. The normalized spacial score (nSPS) is 9.93. The highest BCUT2D eigenvalue weighted by atomic mass is 16.1. The largest absolute Gasteiger partial charge is 0.356 e. The number of carbonyl (C=O) groups excluding carboxylic acids is 2. The molecule has 0 bridgehead atoms. The second kappa shape index (κ2) is 11.2. The van der Waals surface area contributed by atoms with Gasteiger partial charge in [0.1, 0.15) is 6.29 Å². The SMILES string of the molecule is CCCCCC(=O)NCCCCCC=O. The molecule has 0 aliphatic heterocycles. The van der Waals surface area contributed by atoms with E-state index in [1.807, 2.05) is 0 Å². The van der Waals surface area contributed by atoms with Crippen molar-refractivity contribution < 1.29 is 9.59 Å². The van der Waals surface area contributed by atoms with E-state index in [-0.39, 0.29) is 5.91 Å². The van der Waals surface area contributed by atoms with Gasteiger partial charge < -0.3 is 10.1 Å². The first kappa shape index (κ1) is 14.1. The first-order valence-corrected chi connectivity index (χ1v) is 6.01. The second-order valence-corrected chi connectivity index (χ2v) is 3.82. The summed E-state index contributed by atoms with van der Waals surface area (Å²) in [5.41, 5.74) is 0. The lowest BCUT2D eigenvalue weighted by Gasteiger charge is -2.04. The number of rotatable bonds is 10. The van der Waals surface area contributed by atoms with Gasteiger partial charge in [0, 0.05) is 19.4 Å². The fourth-order valence-corrected chi connectivity index (χ4v) is 1.38. The molecule has 0 aromatic rings. The van der Waals surface area contributed by atoms with E-state index in [1.165, 1.54) is 0 Å². The van der Waals surface area contributed by atoms with E-state index in [2.05, 4.69) is 12.2 Å². The summed E-state index contributed by atoms with van der Waals surface area (Å²) in [6.07, 6.45) is 8.46. The van der Waals surface area contributed by atoms with E-state index in [9.17, 15) is 9.59 Å². The molecule has 1 amide bonds.